The van der Waals surface area contributed by atoms with Crippen molar-refractivity contribution in [1.29, 1.82) is 0 Å². The summed E-state index contributed by atoms with van der Waals surface area (Å²) in [4.78, 5) is 69.9. The molecule has 4 amide bonds. The van der Waals surface area contributed by atoms with Gasteiger partial charge in [0, 0.05) is 43.2 Å². The Hall–Kier alpha value is -6.29. The standard InChI is InChI=1S/C47H59N7O8/c1-4-5-7-30-9-12-32(13-10-30)33-14-16-34(17-15-33)44(56)52-38(8-6-21-48)46(58)54(3)42-35-18-20-41(62-25-23-50)37(28-35)36-26-31(11-19-40(36)61-24-22-49)27-39(47(59)60)53-43(55)29(2)51-45(42)57/h9-20,26,28-29,38-39,42H,4-8,21-25,27,48-50H2,1-3H3,(H,51,57)(H,52,56)(H,53,55)(H,59,60)/t29-,38-,39-,42?/m0/s1. The van der Waals surface area contributed by atoms with Gasteiger partial charge in [0.2, 0.25) is 17.7 Å². The minimum atomic E-state index is -1.36. The van der Waals surface area contributed by atoms with Gasteiger partial charge in [-0.3, -0.25) is 19.2 Å². The van der Waals surface area contributed by atoms with Crippen LogP contribution in [-0.2, 0) is 32.0 Å². The van der Waals surface area contributed by atoms with E-state index in [-0.39, 0.29) is 45.7 Å². The summed E-state index contributed by atoms with van der Waals surface area (Å²) in [5, 5.41) is 18.2. The molecule has 4 atom stereocenters. The molecule has 4 aromatic carbocycles. The third kappa shape index (κ3) is 12.0. The first-order valence-electron chi connectivity index (χ1n) is 21.1. The highest BCUT2D eigenvalue weighted by Crippen LogP contribution is 2.40. The Morgan fingerprint density at radius 1 is 0.806 bits per heavy atom. The smallest absolute Gasteiger partial charge is 0.326 e. The summed E-state index contributed by atoms with van der Waals surface area (Å²) < 4.78 is 12.1. The van der Waals surface area contributed by atoms with Crippen molar-refractivity contribution in [1.82, 2.24) is 20.9 Å². The molecule has 10 N–H and O–H groups in total. The first kappa shape index (κ1) is 46.8. The number of rotatable bonds is 18. The molecule has 1 aliphatic heterocycles. The molecule has 1 heterocycles. The van der Waals surface area contributed by atoms with E-state index >= 15 is 0 Å². The summed E-state index contributed by atoms with van der Waals surface area (Å²) in [5.74, 6) is -3.05. The van der Waals surface area contributed by atoms with E-state index in [0.29, 0.717) is 45.7 Å². The maximum absolute atomic E-state index is 14.6. The van der Waals surface area contributed by atoms with E-state index in [9.17, 15) is 29.1 Å². The van der Waals surface area contributed by atoms with Crippen molar-refractivity contribution >= 4 is 29.6 Å². The van der Waals surface area contributed by atoms with Gasteiger partial charge < -0.3 is 52.6 Å². The van der Waals surface area contributed by atoms with Gasteiger partial charge >= 0.3 is 5.97 Å². The highest BCUT2D eigenvalue weighted by Gasteiger charge is 2.36. The van der Waals surface area contributed by atoms with Gasteiger partial charge in [0.05, 0.1) is 0 Å². The van der Waals surface area contributed by atoms with Crippen LogP contribution in [0.2, 0.25) is 0 Å². The number of nitrogens with one attached hydrogen (secondary N) is 3. The van der Waals surface area contributed by atoms with Crippen LogP contribution in [-0.4, -0.2) is 97.6 Å². The fourth-order valence-electron chi connectivity index (χ4n) is 7.33. The quantitative estimate of drug-likeness (QED) is 0.0762. The molecule has 62 heavy (non-hydrogen) atoms. The molecule has 5 rings (SSSR count). The van der Waals surface area contributed by atoms with Gasteiger partial charge in [-0.1, -0.05) is 61.9 Å². The Morgan fingerprint density at radius 3 is 2.02 bits per heavy atom. The highest BCUT2D eigenvalue weighted by atomic mass is 16.5. The monoisotopic (exact) mass is 849 g/mol. The number of aliphatic carboxylic acids is 1. The van der Waals surface area contributed by atoms with E-state index in [1.807, 2.05) is 12.1 Å². The van der Waals surface area contributed by atoms with E-state index in [0.717, 1.165) is 30.4 Å². The highest BCUT2D eigenvalue weighted by molar-refractivity contribution is 5.99. The number of hydrogen-bond acceptors (Lipinski definition) is 10. The first-order chi connectivity index (χ1) is 29.9. The van der Waals surface area contributed by atoms with Crippen LogP contribution in [0.4, 0.5) is 0 Å². The number of benzene rings is 4. The predicted molar refractivity (Wildman–Crippen MR) is 237 cm³/mol. The number of aryl methyl sites for hydroxylation is 1. The number of unbranched alkanes of at least 4 members (excludes halogenated alkanes) is 1. The number of amides is 4. The number of ether oxygens (including phenoxy) is 2. The normalized spacial score (nSPS) is 16.8. The van der Waals surface area contributed by atoms with E-state index in [4.69, 9.17) is 26.7 Å². The SMILES string of the molecule is CCCCc1ccc(-c2ccc(C(=O)N[C@@H](CCCN)C(=O)N(C)C3C(=O)N[C@@H](C)C(=O)N[C@H](C(=O)O)Cc4ccc(OCCN)c(c4)-c4cc3ccc4OCCN)cc2)cc1. The largest absolute Gasteiger partial charge is 0.492 e. The van der Waals surface area contributed by atoms with Crippen LogP contribution in [0.15, 0.2) is 84.9 Å². The van der Waals surface area contributed by atoms with Crippen LogP contribution in [0, 0.1) is 0 Å². The molecule has 0 saturated carbocycles. The van der Waals surface area contributed by atoms with Crippen molar-refractivity contribution in [3.63, 3.8) is 0 Å². The van der Waals surface area contributed by atoms with Crippen LogP contribution in [0.25, 0.3) is 22.3 Å². The van der Waals surface area contributed by atoms with Crippen molar-refractivity contribution in [3.05, 3.63) is 107 Å². The summed E-state index contributed by atoms with van der Waals surface area (Å²) in [6, 6.07) is 20.5. The van der Waals surface area contributed by atoms with Gasteiger partial charge in [-0.2, -0.15) is 0 Å². The number of carboxylic acid groups (broad SMARTS) is 1. The van der Waals surface area contributed by atoms with Crippen molar-refractivity contribution in [3.8, 4) is 33.8 Å². The summed E-state index contributed by atoms with van der Waals surface area (Å²) in [7, 11) is 1.44. The van der Waals surface area contributed by atoms with Crippen LogP contribution in [0.1, 0.15) is 72.6 Å². The van der Waals surface area contributed by atoms with E-state index in [2.05, 4.69) is 47.1 Å². The molecule has 0 radical (unpaired) electrons. The van der Waals surface area contributed by atoms with Crippen LogP contribution < -0.4 is 42.6 Å². The average Bonchev–Trinajstić information content (AvgIpc) is 3.27. The third-order valence-electron chi connectivity index (χ3n) is 10.7. The number of carbonyl (C=O) groups excluding carboxylic acids is 4. The van der Waals surface area contributed by atoms with Gasteiger partial charge in [-0.15, -0.1) is 0 Å². The fraction of sp³-hybridized carbons (Fsp3) is 0.383. The molecule has 330 valence electrons. The second-order valence-corrected chi connectivity index (χ2v) is 15.4. The molecular formula is C47H59N7O8. The molecule has 0 saturated heterocycles. The van der Waals surface area contributed by atoms with Crippen molar-refractivity contribution < 1.29 is 38.6 Å². The lowest BCUT2D eigenvalue weighted by Gasteiger charge is -2.32. The molecule has 1 aliphatic rings. The molecular weight excluding hydrogens is 791 g/mol. The van der Waals surface area contributed by atoms with Crippen LogP contribution in [0.3, 0.4) is 0 Å². The molecule has 4 bridgehead atoms. The molecule has 0 fully saturated rings. The minimum absolute atomic E-state index is 0.0858. The number of nitrogens with zero attached hydrogens (tertiary/aromatic N) is 1. The van der Waals surface area contributed by atoms with Gasteiger partial charge in [-0.25, -0.2) is 4.79 Å². The van der Waals surface area contributed by atoms with Crippen LogP contribution >= 0.6 is 0 Å². The molecule has 0 aliphatic carbocycles. The van der Waals surface area contributed by atoms with Gasteiger partial charge in [0.1, 0.15) is 48.9 Å². The summed E-state index contributed by atoms with van der Waals surface area (Å²) in [6.45, 7) is 4.54. The molecule has 15 heteroatoms. The average molecular weight is 850 g/mol. The van der Waals surface area contributed by atoms with Crippen LogP contribution in [0.5, 0.6) is 11.5 Å². The van der Waals surface area contributed by atoms with E-state index < -0.39 is 53.8 Å². The zero-order valence-corrected chi connectivity index (χ0v) is 35.7. The zero-order chi connectivity index (χ0) is 44.8. The lowest BCUT2D eigenvalue weighted by molar-refractivity contribution is -0.143. The number of carboxylic acids is 1. The molecule has 0 spiro atoms. The van der Waals surface area contributed by atoms with E-state index in [1.165, 1.54) is 24.4 Å². The Morgan fingerprint density at radius 2 is 1.42 bits per heavy atom. The van der Waals surface area contributed by atoms with Gasteiger partial charge in [0.15, 0.2) is 0 Å². The number of likely N-dealkylation sites (N-methyl/N-ethyl adjacent to an activating group) is 1. The summed E-state index contributed by atoms with van der Waals surface area (Å²) >= 11 is 0. The Balaban J connectivity index is 1.53. The van der Waals surface area contributed by atoms with Gasteiger partial charge in [-0.05, 0) is 103 Å². The molecule has 4 aromatic rings. The zero-order valence-electron chi connectivity index (χ0n) is 35.7. The molecule has 15 nitrogen and oxygen atoms in total. The lowest BCUT2D eigenvalue weighted by atomic mass is 9.93. The van der Waals surface area contributed by atoms with Crippen molar-refractivity contribution in [2.24, 2.45) is 17.2 Å². The predicted octanol–water partition coefficient (Wildman–Crippen LogP) is 3.71. The Bertz CT molecular complexity index is 2180. The maximum Gasteiger partial charge on any atom is 0.326 e. The van der Waals surface area contributed by atoms with Crippen molar-refractivity contribution in [2.45, 2.75) is 76.5 Å². The second-order valence-electron chi connectivity index (χ2n) is 15.4. The summed E-state index contributed by atoms with van der Waals surface area (Å²) in [6.07, 6.45) is 3.73. The molecule has 0 aromatic heterocycles. The second kappa shape index (κ2) is 22.5. The summed E-state index contributed by atoms with van der Waals surface area (Å²) in [5.41, 5.74) is 22.9. The number of fused-ring (bicyclic) bond motifs is 5. The first-order valence-corrected chi connectivity index (χ1v) is 21.1. The number of carbonyl (C=O) groups is 5. The third-order valence-corrected chi connectivity index (χ3v) is 10.7. The fourth-order valence-corrected chi connectivity index (χ4v) is 7.33. The maximum atomic E-state index is 14.6. The Kier molecular flexibility index (Phi) is 17.0. The van der Waals surface area contributed by atoms with Gasteiger partial charge in [0.25, 0.3) is 5.91 Å². The number of hydrogen-bond donors (Lipinski definition) is 7. The topological polar surface area (TPSA) is 241 Å². The minimum Gasteiger partial charge on any atom is -0.492 e. The number of nitrogens with two attached hydrogens (primary N) is 3. The van der Waals surface area contributed by atoms with Crippen molar-refractivity contribution in [2.75, 3.05) is 39.9 Å². The lowest BCUT2D eigenvalue weighted by Crippen LogP contribution is -2.54. The molecule has 1 unspecified atom stereocenters. The van der Waals surface area contributed by atoms with E-state index in [1.54, 1.807) is 48.5 Å². The Labute approximate surface area is 362 Å².